The van der Waals surface area contributed by atoms with Gasteiger partial charge in [0.1, 0.15) is 11.1 Å². The van der Waals surface area contributed by atoms with Gasteiger partial charge in [0.05, 0.1) is 50.3 Å². The average molecular weight is 925 g/mol. The topological polar surface area (TPSA) is 241 Å². The molecule has 3 aliphatic heterocycles. The number of aromatic nitrogens is 2. The molecule has 2 fully saturated rings. The first-order valence-electron chi connectivity index (χ1n) is 21.8. The highest BCUT2D eigenvalue weighted by atomic mass is 35.5. The normalized spacial score (nSPS) is 15.8. The maximum Gasteiger partial charge on any atom is 0.317 e. The largest absolute Gasteiger partial charge is 0.379 e. The number of para-hydroxylation sites is 1. The summed E-state index contributed by atoms with van der Waals surface area (Å²) < 4.78 is 11.2. The van der Waals surface area contributed by atoms with Crippen LogP contribution in [0.1, 0.15) is 45.5 Å². The Labute approximate surface area is 386 Å². The summed E-state index contributed by atoms with van der Waals surface area (Å²) in [7, 11) is 1.57. The van der Waals surface area contributed by atoms with Crippen molar-refractivity contribution in [2.75, 3.05) is 100 Å². The number of carbonyl (C=O) groups excluding carboxylic acids is 6. The maximum absolute atomic E-state index is 12.9. The Morgan fingerprint density at radius 2 is 1.62 bits per heavy atom. The number of ether oxygens (including phenoxy) is 2. The molecule has 348 valence electrons. The fourth-order valence-corrected chi connectivity index (χ4v) is 7.76. The number of hydrogen-bond donors (Lipinski definition) is 7. The van der Waals surface area contributed by atoms with Crippen LogP contribution in [0.25, 0.3) is 0 Å². The second-order valence-corrected chi connectivity index (χ2v) is 16.0. The summed E-state index contributed by atoms with van der Waals surface area (Å²) in [6.45, 7) is 5.81. The highest BCUT2D eigenvalue weighted by Crippen LogP contribution is 2.30. The molecule has 66 heavy (non-hydrogen) atoms. The number of anilines is 6. The summed E-state index contributed by atoms with van der Waals surface area (Å²) in [5.41, 5.74) is 4.55. The molecule has 1 unspecified atom stereocenters. The zero-order chi connectivity index (χ0) is 46.4. The zero-order valence-corrected chi connectivity index (χ0v) is 37.2. The van der Waals surface area contributed by atoms with E-state index in [2.05, 4.69) is 52.1 Å². The van der Waals surface area contributed by atoms with Crippen LogP contribution in [0.2, 0.25) is 5.02 Å². The van der Waals surface area contributed by atoms with Gasteiger partial charge in [-0.05, 0) is 66.6 Å². The maximum atomic E-state index is 12.9. The molecule has 0 spiro atoms. The van der Waals surface area contributed by atoms with E-state index in [0.717, 1.165) is 11.4 Å². The minimum atomic E-state index is -0.697. The van der Waals surface area contributed by atoms with Crippen LogP contribution < -0.4 is 42.1 Å². The highest BCUT2D eigenvalue weighted by molar-refractivity contribution is 6.33. The van der Waals surface area contributed by atoms with E-state index in [4.69, 9.17) is 21.1 Å². The molecule has 0 bridgehead atoms. The molecular weight excluding hydrogens is 872 g/mol. The molecule has 20 nitrogen and oxygen atoms in total. The Morgan fingerprint density at radius 1 is 0.864 bits per heavy atom. The van der Waals surface area contributed by atoms with Gasteiger partial charge in [-0.3, -0.25) is 29.3 Å². The summed E-state index contributed by atoms with van der Waals surface area (Å²) in [6.07, 6.45) is 2.09. The van der Waals surface area contributed by atoms with Crippen LogP contribution in [0.5, 0.6) is 0 Å². The summed E-state index contributed by atoms with van der Waals surface area (Å²) in [6, 6.07) is 19.2. The molecule has 1 atom stereocenters. The van der Waals surface area contributed by atoms with Gasteiger partial charge < -0.3 is 56.1 Å². The van der Waals surface area contributed by atoms with Crippen LogP contribution in [0.15, 0.2) is 72.9 Å². The van der Waals surface area contributed by atoms with Crippen LogP contribution in [0, 0.1) is 0 Å². The molecule has 4 heterocycles. The van der Waals surface area contributed by atoms with Crippen molar-refractivity contribution in [1.29, 1.82) is 0 Å². The number of fused-ring (bicyclic) bond motifs is 1. The first kappa shape index (κ1) is 47.1. The minimum Gasteiger partial charge on any atom is -0.379 e. The van der Waals surface area contributed by atoms with Crippen molar-refractivity contribution >= 4 is 81.7 Å². The standard InChI is InChI=1S/C45H53ClN12O8/c1-47-41(61)34-4-2-3-5-36(34)53-40-35(46)27-50-44(55-40)52-30-6-9-32(10-7-30)56-18-20-57(21-19-56)45(64)49-16-15-48-17-23-66-25-24-65-22-14-39(60)51-31-8-11-33-29(26-31)28-58(43(33)63)37-12-13-38(59)54-42(37)62/h2-11,26-27,37,48H,12-25,28H2,1H3,(H,47,61)(H,49,64)(H,51,60)(H,54,59,62)(H2,50,52,53,55). The van der Waals surface area contributed by atoms with Crippen LogP contribution in [-0.2, 0) is 30.4 Å². The number of nitrogens with zero attached hydrogens (tertiary/aromatic N) is 5. The molecule has 2 saturated heterocycles. The second-order valence-electron chi connectivity index (χ2n) is 15.6. The molecular formula is C45H53ClN12O8. The van der Waals surface area contributed by atoms with Crippen molar-refractivity contribution < 1.29 is 38.2 Å². The molecule has 0 aliphatic carbocycles. The summed E-state index contributed by atoms with van der Waals surface area (Å²) >= 11 is 6.38. The van der Waals surface area contributed by atoms with Gasteiger partial charge in [0.25, 0.3) is 11.8 Å². The SMILES string of the molecule is CNC(=O)c1ccccc1Nc1nc(Nc2ccc(N3CCN(C(=O)NCCNCCOCCOCCC(=O)Nc4ccc5c(c4)CN(C4CCC(=O)NC4=O)C5=O)CC3)cc2)ncc1Cl. The number of piperazine rings is 1. The predicted molar refractivity (Wildman–Crippen MR) is 247 cm³/mol. The van der Waals surface area contributed by atoms with Crippen molar-refractivity contribution in [1.82, 2.24) is 41.0 Å². The number of carbonyl (C=O) groups is 6. The number of hydrogen-bond acceptors (Lipinski definition) is 14. The predicted octanol–water partition coefficient (Wildman–Crippen LogP) is 3.22. The number of piperidine rings is 1. The fraction of sp³-hybridized carbons (Fsp3) is 0.378. The van der Waals surface area contributed by atoms with E-state index in [1.165, 1.54) is 11.1 Å². The first-order valence-corrected chi connectivity index (χ1v) is 22.1. The van der Waals surface area contributed by atoms with Gasteiger partial charge in [0.2, 0.25) is 23.7 Å². The summed E-state index contributed by atoms with van der Waals surface area (Å²) in [5, 5.41) is 20.6. The van der Waals surface area contributed by atoms with Crippen molar-refractivity contribution in [2.24, 2.45) is 0 Å². The number of amides is 7. The Morgan fingerprint density at radius 3 is 2.39 bits per heavy atom. The lowest BCUT2D eigenvalue weighted by molar-refractivity contribution is -0.137. The van der Waals surface area contributed by atoms with Crippen LogP contribution >= 0.6 is 11.6 Å². The van der Waals surface area contributed by atoms with Gasteiger partial charge in [0.15, 0.2) is 5.82 Å². The third-order valence-electron chi connectivity index (χ3n) is 11.1. The van der Waals surface area contributed by atoms with E-state index in [1.54, 1.807) is 43.4 Å². The van der Waals surface area contributed by atoms with Gasteiger partial charge in [0, 0.05) is 88.5 Å². The van der Waals surface area contributed by atoms with Gasteiger partial charge in [-0.1, -0.05) is 23.7 Å². The number of rotatable bonds is 20. The van der Waals surface area contributed by atoms with Gasteiger partial charge >= 0.3 is 6.03 Å². The third-order valence-corrected chi connectivity index (χ3v) is 11.4. The molecule has 7 amide bonds. The molecule has 3 aliphatic rings. The second kappa shape index (κ2) is 22.8. The number of imide groups is 1. The van der Waals surface area contributed by atoms with Crippen molar-refractivity contribution in [3.63, 3.8) is 0 Å². The minimum absolute atomic E-state index is 0.103. The van der Waals surface area contributed by atoms with E-state index in [-0.39, 0.29) is 62.1 Å². The van der Waals surface area contributed by atoms with Gasteiger partial charge in [-0.2, -0.15) is 4.98 Å². The number of urea groups is 1. The smallest absolute Gasteiger partial charge is 0.317 e. The highest BCUT2D eigenvalue weighted by Gasteiger charge is 2.39. The Kier molecular flexibility index (Phi) is 16.3. The van der Waals surface area contributed by atoms with Crippen LogP contribution in [0.4, 0.5) is 39.3 Å². The summed E-state index contributed by atoms with van der Waals surface area (Å²) in [5.74, 6) is -0.873. The van der Waals surface area contributed by atoms with Crippen molar-refractivity contribution in [3.8, 4) is 0 Å². The lowest BCUT2D eigenvalue weighted by atomic mass is 10.0. The van der Waals surface area contributed by atoms with Crippen molar-refractivity contribution in [3.05, 3.63) is 94.6 Å². The number of benzene rings is 3. The third kappa shape index (κ3) is 12.5. The molecule has 21 heteroatoms. The molecule has 1 aromatic heterocycles. The van der Waals surface area contributed by atoms with E-state index in [0.29, 0.717) is 110 Å². The molecule has 7 N–H and O–H groups in total. The van der Waals surface area contributed by atoms with Crippen LogP contribution in [-0.4, -0.2) is 141 Å². The number of halogens is 1. The molecule has 0 saturated carbocycles. The summed E-state index contributed by atoms with van der Waals surface area (Å²) in [4.78, 5) is 88.7. The molecule has 7 rings (SSSR count). The van der Waals surface area contributed by atoms with E-state index in [1.807, 2.05) is 35.2 Å². The van der Waals surface area contributed by atoms with Crippen LogP contribution in [0.3, 0.4) is 0 Å². The van der Waals surface area contributed by atoms with Gasteiger partial charge in [-0.25, -0.2) is 9.78 Å². The monoisotopic (exact) mass is 924 g/mol. The van der Waals surface area contributed by atoms with E-state index in [9.17, 15) is 28.8 Å². The molecule has 3 aromatic carbocycles. The van der Waals surface area contributed by atoms with E-state index < -0.39 is 11.9 Å². The Bertz CT molecular complexity index is 2400. The molecule has 4 aromatic rings. The van der Waals surface area contributed by atoms with Gasteiger partial charge in [-0.15, -0.1) is 0 Å². The average Bonchev–Trinajstić information content (AvgIpc) is 3.64. The molecule has 0 radical (unpaired) electrons. The zero-order valence-electron chi connectivity index (χ0n) is 36.5. The number of nitrogens with one attached hydrogen (secondary N) is 7. The Hall–Kier alpha value is -6.87. The quantitative estimate of drug-likeness (QED) is 0.0498. The van der Waals surface area contributed by atoms with Crippen molar-refractivity contribution in [2.45, 2.75) is 31.8 Å². The fourth-order valence-electron chi connectivity index (χ4n) is 7.62. The first-order chi connectivity index (χ1) is 32.1. The van der Waals surface area contributed by atoms with E-state index >= 15 is 0 Å². The lowest BCUT2D eigenvalue weighted by Crippen LogP contribution is -2.52. The lowest BCUT2D eigenvalue weighted by Gasteiger charge is -2.36. The Balaban J connectivity index is 0.703.